The smallest absolute Gasteiger partial charge is 0.227 e. The Kier molecular flexibility index (Phi) is 5.93. The van der Waals surface area contributed by atoms with Crippen LogP contribution in [0.4, 0.5) is 5.69 Å². The molecular formula is C24H28N2O4. The molecule has 2 heterocycles. The van der Waals surface area contributed by atoms with Crippen LogP contribution >= 0.6 is 0 Å². The number of rotatable bonds is 6. The summed E-state index contributed by atoms with van der Waals surface area (Å²) >= 11 is 0. The molecule has 6 heteroatoms. The Morgan fingerprint density at radius 3 is 2.93 bits per heavy atom. The van der Waals surface area contributed by atoms with Gasteiger partial charge in [0.05, 0.1) is 18.6 Å². The molecule has 4 rings (SSSR count). The summed E-state index contributed by atoms with van der Waals surface area (Å²) in [5.74, 6) is 1.49. The fraction of sp³-hybridized carbons (Fsp3) is 0.417. The average Bonchev–Trinajstić information content (AvgIpc) is 3.19. The lowest BCUT2D eigenvalue weighted by molar-refractivity contribution is -0.127. The molecule has 2 amide bonds. The molecule has 2 atom stereocenters. The Labute approximate surface area is 177 Å². The number of carbonyl (C=O) groups excluding carboxylic acids is 2. The molecule has 0 aromatic heterocycles. The maximum absolute atomic E-state index is 12.9. The molecule has 1 N–H and O–H groups in total. The van der Waals surface area contributed by atoms with Crippen LogP contribution in [-0.2, 0) is 16.0 Å². The second-order valence-electron chi connectivity index (χ2n) is 7.89. The SMILES string of the molecule is CCOc1ccc2c(c1)CC(C(=O)NC(C)c1cccc(N3CCCC3=O)c1)CO2. The lowest BCUT2D eigenvalue weighted by Gasteiger charge is -2.26. The van der Waals surface area contributed by atoms with Crippen molar-refractivity contribution in [3.63, 3.8) is 0 Å². The van der Waals surface area contributed by atoms with Crippen LogP contribution in [0, 0.1) is 5.92 Å². The van der Waals surface area contributed by atoms with Crippen molar-refractivity contribution in [2.24, 2.45) is 5.92 Å². The highest BCUT2D eigenvalue weighted by Crippen LogP contribution is 2.31. The fourth-order valence-electron chi connectivity index (χ4n) is 4.09. The number of fused-ring (bicyclic) bond motifs is 1. The van der Waals surface area contributed by atoms with Crippen molar-refractivity contribution >= 4 is 17.5 Å². The third-order valence-corrected chi connectivity index (χ3v) is 5.73. The number of hydrogen-bond donors (Lipinski definition) is 1. The molecule has 30 heavy (non-hydrogen) atoms. The van der Waals surface area contributed by atoms with Gasteiger partial charge in [-0.15, -0.1) is 0 Å². The molecule has 158 valence electrons. The van der Waals surface area contributed by atoms with Gasteiger partial charge in [-0.1, -0.05) is 12.1 Å². The van der Waals surface area contributed by atoms with Crippen LogP contribution in [0.3, 0.4) is 0 Å². The van der Waals surface area contributed by atoms with E-state index in [-0.39, 0.29) is 23.8 Å². The number of nitrogens with zero attached hydrogens (tertiary/aromatic N) is 1. The first-order chi connectivity index (χ1) is 14.5. The second kappa shape index (κ2) is 8.78. The van der Waals surface area contributed by atoms with Crippen molar-refractivity contribution in [1.29, 1.82) is 0 Å². The van der Waals surface area contributed by atoms with Crippen LogP contribution < -0.4 is 19.7 Å². The minimum Gasteiger partial charge on any atom is -0.494 e. The first kappa shape index (κ1) is 20.3. The van der Waals surface area contributed by atoms with Crippen LogP contribution in [0.2, 0.25) is 0 Å². The molecule has 0 saturated carbocycles. The van der Waals surface area contributed by atoms with E-state index in [2.05, 4.69) is 5.32 Å². The van der Waals surface area contributed by atoms with Gasteiger partial charge in [0.25, 0.3) is 0 Å². The van der Waals surface area contributed by atoms with E-state index in [0.29, 0.717) is 26.1 Å². The van der Waals surface area contributed by atoms with E-state index in [9.17, 15) is 9.59 Å². The van der Waals surface area contributed by atoms with E-state index >= 15 is 0 Å². The molecule has 2 aromatic rings. The van der Waals surface area contributed by atoms with Gasteiger partial charge in [-0.05, 0) is 68.1 Å². The summed E-state index contributed by atoms with van der Waals surface area (Å²) in [7, 11) is 0. The van der Waals surface area contributed by atoms with Crippen LogP contribution in [0.1, 0.15) is 43.9 Å². The molecule has 0 radical (unpaired) electrons. The first-order valence-electron chi connectivity index (χ1n) is 10.6. The van der Waals surface area contributed by atoms with Crippen LogP contribution in [0.5, 0.6) is 11.5 Å². The van der Waals surface area contributed by atoms with Gasteiger partial charge in [-0.3, -0.25) is 9.59 Å². The molecular weight excluding hydrogens is 380 g/mol. The summed E-state index contributed by atoms with van der Waals surface area (Å²) in [6, 6.07) is 13.5. The Bertz CT molecular complexity index is 943. The summed E-state index contributed by atoms with van der Waals surface area (Å²) in [6.07, 6.45) is 2.12. The molecule has 0 aliphatic carbocycles. The van der Waals surface area contributed by atoms with Crippen LogP contribution in [0.25, 0.3) is 0 Å². The lowest BCUT2D eigenvalue weighted by atomic mass is 9.95. The van der Waals surface area contributed by atoms with Crippen molar-refractivity contribution in [3.8, 4) is 11.5 Å². The van der Waals surface area contributed by atoms with E-state index in [1.165, 1.54) is 0 Å². The highest BCUT2D eigenvalue weighted by molar-refractivity contribution is 5.95. The number of benzene rings is 2. The van der Waals surface area contributed by atoms with Gasteiger partial charge in [0, 0.05) is 18.7 Å². The van der Waals surface area contributed by atoms with Crippen LogP contribution in [0.15, 0.2) is 42.5 Å². The van der Waals surface area contributed by atoms with Crippen LogP contribution in [-0.4, -0.2) is 31.6 Å². The molecule has 0 bridgehead atoms. The molecule has 1 saturated heterocycles. The van der Waals surface area contributed by atoms with Gasteiger partial charge < -0.3 is 19.7 Å². The number of ether oxygens (including phenoxy) is 2. The maximum atomic E-state index is 12.9. The Hall–Kier alpha value is -3.02. The zero-order valence-electron chi connectivity index (χ0n) is 17.5. The van der Waals surface area contributed by atoms with E-state index in [1.807, 2.05) is 61.2 Å². The van der Waals surface area contributed by atoms with Gasteiger partial charge in [-0.25, -0.2) is 0 Å². The fourth-order valence-corrected chi connectivity index (χ4v) is 4.09. The summed E-state index contributed by atoms with van der Waals surface area (Å²) < 4.78 is 11.4. The quantitative estimate of drug-likeness (QED) is 0.792. The van der Waals surface area contributed by atoms with Gasteiger partial charge in [0.15, 0.2) is 0 Å². The van der Waals surface area contributed by atoms with Gasteiger partial charge in [0.2, 0.25) is 11.8 Å². The molecule has 2 unspecified atom stereocenters. The number of nitrogens with one attached hydrogen (secondary N) is 1. The maximum Gasteiger partial charge on any atom is 0.227 e. The van der Waals surface area contributed by atoms with E-state index in [4.69, 9.17) is 9.47 Å². The first-order valence-corrected chi connectivity index (χ1v) is 10.6. The molecule has 1 fully saturated rings. The zero-order valence-corrected chi connectivity index (χ0v) is 17.5. The third kappa shape index (κ3) is 4.27. The highest BCUT2D eigenvalue weighted by Gasteiger charge is 2.28. The Morgan fingerprint density at radius 2 is 2.17 bits per heavy atom. The summed E-state index contributed by atoms with van der Waals surface area (Å²) in [5, 5.41) is 3.11. The summed E-state index contributed by atoms with van der Waals surface area (Å²) in [5.41, 5.74) is 2.88. The summed E-state index contributed by atoms with van der Waals surface area (Å²) in [6.45, 7) is 5.63. The molecule has 2 aliphatic rings. The van der Waals surface area contributed by atoms with E-state index in [0.717, 1.165) is 41.3 Å². The number of anilines is 1. The van der Waals surface area contributed by atoms with Crippen molar-refractivity contribution in [2.75, 3.05) is 24.7 Å². The topological polar surface area (TPSA) is 67.9 Å². The average molecular weight is 408 g/mol. The van der Waals surface area contributed by atoms with Crippen molar-refractivity contribution < 1.29 is 19.1 Å². The largest absolute Gasteiger partial charge is 0.494 e. The lowest BCUT2D eigenvalue weighted by Crippen LogP contribution is -2.38. The number of carbonyl (C=O) groups is 2. The number of amides is 2. The molecule has 0 spiro atoms. The Morgan fingerprint density at radius 1 is 1.30 bits per heavy atom. The number of hydrogen-bond acceptors (Lipinski definition) is 4. The van der Waals surface area contributed by atoms with Gasteiger partial charge in [0.1, 0.15) is 18.1 Å². The molecule has 2 aromatic carbocycles. The third-order valence-electron chi connectivity index (χ3n) is 5.73. The van der Waals surface area contributed by atoms with Crippen molar-refractivity contribution in [3.05, 3.63) is 53.6 Å². The standard InChI is InChI=1S/C24H28N2O4/c1-3-29-21-9-10-22-18(14-21)12-19(15-30-22)24(28)25-16(2)17-6-4-7-20(13-17)26-11-5-8-23(26)27/h4,6-7,9-10,13-14,16,19H,3,5,8,11-12,15H2,1-2H3,(H,25,28). The monoisotopic (exact) mass is 408 g/mol. The summed E-state index contributed by atoms with van der Waals surface area (Å²) in [4.78, 5) is 26.8. The zero-order chi connectivity index (χ0) is 21.1. The predicted molar refractivity (Wildman–Crippen MR) is 115 cm³/mol. The highest BCUT2D eigenvalue weighted by atomic mass is 16.5. The van der Waals surface area contributed by atoms with E-state index in [1.54, 1.807) is 0 Å². The molecule has 2 aliphatic heterocycles. The minimum absolute atomic E-state index is 0.0300. The van der Waals surface area contributed by atoms with Crippen molar-refractivity contribution in [1.82, 2.24) is 5.32 Å². The van der Waals surface area contributed by atoms with E-state index < -0.39 is 0 Å². The van der Waals surface area contributed by atoms with Crippen molar-refractivity contribution in [2.45, 2.75) is 39.2 Å². The Balaban J connectivity index is 1.41. The second-order valence-corrected chi connectivity index (χ2v) is 7.89. The minimum atomic E-state index is -0.250. The van der Waals surface area contributed by atoms with Gasteiger partial charge >= 0.3 is 0 Å². The molecule has 6 nitrogen and oxygen atoms in total. The van der Waals surface area contributed by atoms with Gasteiger partial charge in [-0.2, -0.15) is 0 Å². The normalized spacial score (nSPS) is 19.1. The predicted octanol–water partition coefficient (Wildman–Crippen LogP) is 3.64.